The van der Waals surface area contributed by atoms with Crippen molar-refractivity contribution in [1.29, 1.82) is 0 Å². The van der Waals surface area contributed by atoms with E-state index < -0.39 is 12.0 Å². The molecule has 1 amide bonds. The minimum Gasteiger partial charge on any atom is -0.467 e. The van der Waals surface area contributed by atoms with E-state index in [4.69, 9.17) is 15.5 Å². The smallest absolute Gasteiger partial charge is 0.328 e. The predicted octanol–water partition coefficient (Wildman–Crippen LogP) is 6.28. The van der Waals surface area contributed by atoms with Crippen LogP contribution in [0.2, 0.25) is 0 Å². The highest BCUT2D eigenvalue weighted by Crippen LogP contribution is 2.30. The zero-order valence-corrected chi connectivity index (χ0v) is 25.7. The van der Waals surface area contributed by atoms with Crippen molar-refractivity contribution in [2.75, 3.05) is 24.0 Å². The number of hydrogen-bond acceptors (Lipinski definition) is 7. The first-order chi connectivity index (χ1) is 20.9. The third-order valence-corrected chi connectivity index (χ3v) is 7.95. The Labute approximate surface area is 258 Å². The van der Waals surface area contributed by atoms with E-state index in [0.717, 1.165) is 39.3 Å². The quantitative estimate of drug-likeness (QED) is 0.130. The summed E-state index contributed by atoms with van der Waals surface area (Å²) in [5.41, 5.74) is 7.63. The molecule has 0 aliphatic carbocycles. The number of anilines is 1. The molecule has 4 aromatic rings. The molecule has 8 heteroatoms. The van der Waals surface area contributed by atoms with Crippen LogP contribution in [0.4, 0.5) is 5.69 Å². The fourth-order valence-electron chi connectivity index (χ4n) is 5.01. The minimum atomic E-state index is -0.719. The second kappa shape index (κ2) is 15.9. The molecule has 0 spiro atoms. The van der Waals surface area contributed by atoms with Crippen LogP contribution in [0.25, 0.3) is 11.1 Å². The first-order valence-corrected chi connectivity index (χ1v) is 15.6. The number of nitrogens with two attached hydrogens (primary N) is 1. The SMILES string of the molecule is COC(=O)[C@H](CCSC)NC(=O)c1ccc(CN(Cc2ccccc2)c2ccc(CON)cc2)cc1-c1ccccc1C. The van der Waals surface area contributed by atoms with Crippen LogP contribution in [0, 0.1) is 6.92 Å². The Balaban J connectivity index is 1.71. The first kappa shape index (κ1) is 31.8. The van der Waals surface area contributed by atoms with Gasteiger partial charge in [0.1, 0.15) is 6.04 Å². The van der Waals surface area contributed by atoms with E-state index >= 15 is 0 Å². The van der Waals surface area contributed by atoms with Gasteiger partial charge in [0.15, 0.2) is 0 Å². The summed E-state index contributed by atoms with van der Waals surface area (Å²) in [6.07, 6.45) is 2.46. The van der Waals surface area contributed by atoms with Crippen molar-refractivity contribution >= 4 is 29.3 Å². The van der Waals surface area contributed by atoms with Gasteiger partial charge in [0.05, 0.1) is 13.7 Å². The van der Waals surface area contributed by atoms with E-state index in [9.17, 15) is 9.59 Å². The number of nitrogens with zero attached hydrogens (tertiary/aromatic N) is 1. The van der Waals surface area contributed by atoms with Gasteiger partial charge in [0.25, 0.3) is 5.91 Å². The van der Waals surface area contributed by atoms with Gasteiger partial charge in [0.2, 0.25) is 0 Å². The third kappa shape index (κ3) is 8.70. The number of carbonyl (C=O) groups excluding carboxylic acids is 2. The van der Waals surface area contributed by atoms with Crippen LogP contribution in [0.5, 0.6) is 0 Å². The molecule has 0 heterocycles. The normalized spacial score (nSPS) is 11.5. The van der Waals surface area contributed by atoms with E-state index in [-0.39, 0.29) is 5.91 Å². The van der Waals surface area contributed by atoms with Crippen molar-refractivity contribution < 1.29 is 19.2 Å². The molecule has 4 rings (SSSR count). The van der Waals surface area contributed by atoms with Crippen LogP contribution < -0.4 is 16.1 Å². The largest absolute Gasteiger partial charge is 0.467 e. The lowest BCUT2D eigenvalue weighted by atomic mass is 9.93. The summed E-state index contributed by atoms with van der Waals surface area (Å²) in [7, 11) is 1.34. The zero-order valence-electron chi connectivity index (χ0n) is 24.9. The molecule has 4 aromatic carbocycles. The summed E-state index contributed by atoms with van der Waals surface area (Å²) in [5, 5.41) is 2.93. The van der Waals surface area contributed by atoms with Gasteiger partial charge in [-0.1, -0.05) is 72.8 Å². The van der Waals surface area contributed by atoms with Gasteiger partial charge in [-0.3, -0.25) is 9.63 Å². The van der Waals surface area contributed by atoms with Crippen molar-refractivity contribution in [3.05, 3.63) is 125 Å². The zero-order chi connectivity index (χ0) is 30.6. The number of benzene rings is 4. The molecule has 0 fully saturated rings. The Kier molecular flexibility index (Phi) is 11.8. The number of rotatable bonds is 14. The lowest BCUT2D eigenvalue weighted by molar-refractivity contribution is -0.142. The molecule has 0 bridgehead atoms. The number of carbonyl (C=O) groups is 2. The molecular weight excluding hydrogens is 558 g/mol. The number of methoxy groups -OCH3 is 1. The maximum atomic E-state index is 13.7. The first-order valence-electron chi connectivity index (χ1n) is 14.2. The molecule has 224 valence electrons. The number of ether oxygens (including phenoxy) is 1. The Morgan fingerprint density at radius 3 is 2.21 bits per heavy atom. The average Bonchev–Trinajstić information content (AvgIpc) is 3.03. The number of amides is 1. The van der Waals surface area contributed by atoms with Crippen LogP contribution in [-0.4, -0.2) is 37.0 Å². The molecule has 7 nitrogen and oxygen atoms in total. The van der Waals surface area contributed by atoms with Gasteiger partial charge in [-0.2, -0.15) is 11.8 Å². The minimum absolute atomic E-state index is 0.305. The highest BCUT2D eigenvalue weighted by Gasteiger charge is 2.24. The number of esters is 1. The van der Waals surface area contributed by atoms with E-state index in [2.05, 4.69) is 40.5 Å². The van der Waals surface area contributed by atoms with Crippen molar-refractivity contribution in [3.63, 3.8) is 0 Å². The standard InChI is InChI=1S/C35H39N3O4S/c1-25-9-7-8-12-30(25)32-21-28(15-18-31(32)34(39)37-33(19-20-43-3)35(40)41-2)23-38(22-26-10-5-4-6-11-26)29-16-13-27(14-17-29)24-42-36/h4-18,21,33H,19-20,22-24,36H2,1-3H3,(H,37,39)/t33-/m0/s1. The lowest BCUT2D eigenvalue weighted by Gasteiger charge is -2.26. The van der Waals surface area contributed by atoms with E-state index in [0.29, 0.717) is 31.7 Å². The monoisotopic (exact) mass is 597 g/mol. The maximum absolute atomic E-state index is 13.7. The van der Waals surface area contributed by atoms with E-state index in [1.807, 2.05) is 79.9 Å². The van der Waals surface area contributed by atoms with Crippen LogP contribution in [0.3, 0.4) is 0 Å². The van der Waals surface area contributed by atoms with Crippen LogP contribution in [0.15, 0.2) is 97.1 Å². The van der Waals surface area contributed by atoms with Gasteiger partial charge >= 0.3 is 5.97 Å². The molecule has 0 aliphatic heterocycles. The van der Waals surface area contributed by atoms with E-state index in [1.54, 1.807) is 11.8 Å². The molecule has 0 aliphatic rings. The molecule has 0 unspecified atom stereocenters. The lowest BCUT2D eigenvalue weighted by Crippen LogP contribution is -2.42. The van der Waals surface area contributed by atoms with Crippen LogP contribution >= 0.6 is 11.8 Å². The maximum Gasteiger partial charge on any atom is 0.328 e. The second-order valence-corrected chi connectivity index (χ2v) is 11.3. The summed E-state index contributed by atoms with van der Waals surface area (Å²) in [4.78, 5) is 33.2. The van der Waals surface area contributed by atoms with Gasteiger partial charge in [0, 0.05) is 24.3 Å². The average molecular weight is 598 g/mol. The summed E-state index contributed by atoms with van der Waals surface area (Å²) < 4.78 is 4.97. The van der Waals surface area contributed by atoms with Crippen molar-refractivity contribution in [1.82, 2.24) is 5.32 Å². The topological polar surface area (TPSA) is 93.9 Å². The summed E-state index contributed by atoms with van der Waals surface area (Å²) in [6, 6.07) is 31.7. The third-order valence-electron chi connectivity index (χ3n) is 7.31. The molecular formula is C35H39N3O4S. The van der Waals surface area contributed by atoms with Crippen molar-refractivity contribution in [2.45, 2.75) is 39.1 Å². The highest BCUT2D eigenvalue weighted by atomic mass is 32.2. The Hall–Kier alpha value is -4.11. The molecule has 0 saturated heterocycles. The van der Waals surface area contributed by atoms with Crippen LogP contribution in [-0.2, 0) is 34.1 Å². The summed E-state index contributed by atoms with van der Waals surface area (Å²) >= 11 is 1.62. The summed E-state index contributed by atoms with van der Waals surface area (Å²) in [6.45, 7) is 3.69. The van der Waals surface area contributed by atoms with Gasteiger partial charge in [-0.05, 0) is 83.0 Å². The molecule has 0 aromatic heterocycles. The molecule has 43 heavy (non-hydrogen) atoms. The molecule has 0 radical (unpaired) electrons. The Bertz CT molecular complexity index is 1490. The summed E-state index contributed by atoms with van der Waals surface area (Å²) in [5.74, 6) is 5.25. The Morgan fingerprint density at radius 1 is 0.860 bits per heavy atom. The molecule has 1 atom stereocenters. The fraction of sp³-hybridized carbons (Fsp3) is 0.257. The number of nitrogens with one attached hydrogen (secondary N) is 1. The van der Waals surface area contributed by atoms with Crippen LogP contribution in [0.1, 0.15) is 39.0 Å². The van der Waals surface area contributed by atoms with Gasteiger partial charge in [-0.15, -0.1) is 0 Å². The van der Waals surface area contributed by atoms with Crippen molar-refractivity contribution in [2.24, 2.45) is 5.90 Å². The molecule has 0 saturated carbocycles. The van der Waals surface area contributed by atoms with E-state index in [1.165, 1.54) is 12.7 Å². The Morgan fingerprint density at radius 2 is 1.53 bits per heavy atom. The number of thioether (sulfide) groups is 1. The molecule has 3 N–H and O–H groups in total. The van der Waals surface area contributed by atoms with Crippen molar-refractivity contribution in [3.8, 4) is 11.1 Å². The number of hydrogen-bond donors (Lipinski definition) is 2. The van der Waals surface area contributed by atoms with Gasteiger partial charge < -0.3 is 15.0 Å². The number of aryl methyl sites for hydroxylation is 1. The predicted molar refractivity (Wildman–Crippen MR) is 175 cm³/mol. The second-order valence-electron chi connectivity index (χ2n) is 10.3. The van der Waals surface area contributed by atoms with Gasteiger partial charge in [-0.25, -0.2) is 10.7 Å². The fourth-order valence-corrected chi connectivity index (χ4v) is 5.48. The highest BCUT2D eigenvalue weighted by molar-refractivity contribution is 7.98.